The first-order valence-electron chi connectivity index (χ1n) is 6.27. The van der Waals surface area contributed by atoms with Crippen LogP contribution in [0, 0.1) is 6.92 Å². The topological polar surface area (TPSA) is 88.8 Å². The van der Waals surface area contributed by atoms with E-state index in [9.17, 15) is 9.59 Å². The number of hydrogen-bond donors (Lipinski definition) is 2. The molecule has 6 nitrogen and oxygen atoms in total. The minimum absolute atomic E-state index is 0.00733. The van der Waals surface area contributed by atoms with E-state index < -0.39 is 5.97 Å². The summed E-state index contributed by atoms with van der Waals surface area (Å²) in [5.74, 6) is -0.359. The number of amides is 1. The Morgan fingerprint density at radius 3 is 2.89 bits per heavy atom. The number of carbonyl (C=O) groups excluding carboxylic acids is 1. The number of hydrogen-bond acceptors (Lipinski definition) is 4. The summed E-state index contributed by atoms with van der Waals surface area (Å²) in [7, 11) is 0. The van der Waals surface area contributed by atoms with Gasteiger partial charge in [-0.25, -0.2) is 4.79 Å². The first-order valence-corrected chi connectivity index (χ1v) is 6.27. The first kappa shape index (κ1) is 13.6. The van der Waals surface area contributed by atoms with E-state index >= 15 is 0 Å². The minimum Gasteiger partial charge on any atom is -0.478 e. The van der Waals surface area contributed by atoms with Crippen LogP contribution in [0.5, 0.6) is 0 Å². The van der Waals surface area contributed by atoms with Crippen LogP contribution >= 0.6 is 0 Å². The summed E-state index contributed by atoms with van der Waals surface area (Å²) in [6.45, 7) is 2.50. The molecule has 2 N–H and O–H groups in total. The number of carboxylic acids is 1. The average molecular weight is 267 g/mol. The van der Waals surface area contributed by atoms with Crippen molar-refractivity contribution in [1.82, 2.24) is 5.32 Å². The number of aryl methyl sites for hydroxylation is 1. The van der Waals surface area contributed by atoms with E-state index in [1.54, 1.807) is 6.92 Å². The SMILES string of the molecule is Cc1oc(CNC(=O)C[C@H]2CCCO2)cc1C(=O)O. The molecule has 0 radical (unpaired) electrons. The monoisotopic (exact) mass is 267 g/mol. The second-order valence-corrected chi connectivity index (χ2v) is 4.60. The van der Waals surface area contributed by atoms with Crippen molar-refractivity contribution in [1.29, 1.82) is 0 Å². The van der Waals surface area contributed by atoms with Crippen molar-refractivity contribution in [2.45, 2.75) is 38.8 Å². The van der Waals surface area contributed by atoms with Crippen LogP contribution in [-0.2, 0) is 16.1 Å². The third kappa shape index (κ3) is 3.57. The fourth-order valence-electron chi connectivity index (χ4n) is 2.11. The lowest BCUT2D eigenvalue weighted by Gasteiger charge is -2.08. The smallest absolute Gasteiger partial charge is 0.339 e. The molecule has 2 heterocycles. The van der Waals surface area contributed by atoms with E-state index in [1.807, 2.05) is 0 Å². The maximum Gasteiger partial charge on any atom is 0.339 e. The maximum atomic E-state index is 11.6. The number of aromatic carboxylic acids is 1. The molecule has 0 aromatic carbocycles. The molecule has 1 aliphatic heterocycles. The van der Waals surface area contributed by atoms with Gasteiger partial charge >= 0.3 is 5.97 Å². The molecular weight excluding hydrogens is 250 g/mol. The predicted octanol–water partition coefficient (Wildman–Crippen LogP) is 1.47. The maximum absolute atomic E-state index is 11.6. The molecule has 0 unspecified atom stereocenters. The molecule has 1 aromatic heterocycles. The lowest BCUT2D eigenvalue weighted by molar-refractivity contribution is -0.123. The van der Waals surface area contributed by atoms with Crippen LogP contribution < -0.4 is 5.32 Å². The van der Waals surface area contributed by atoms with Gasteiger partial charge in [0.1, 0.15) is 17.1 Å². The summed E-state index contributed by atoms with van der Waals surface area (Å²) in [5.41, 5.74) is 0.128. The number of nitrogens with one attached hydrogen (secondary N) is 1. The Morgan fingerprint density at radius 2 is 2.32 bits per heavy atom. The Labute approximate surface area is 110 Å². The van der Waals surface area contributed by atoms with Gasteiger partial charge in [-0.3, -0.25) is 4.79 Å². The lowest BCUT2D eigenvalue weighted by Crippen LogP contribution is -2.26. The number of furan rings is 1. The van der Waals surface area contributed by atoms with Gasteiger partial charge in [0.15, 0.2) is 0 Å². The van der Waals surface area contributed by atoms with Gasteiger partial charge in [-0.15, -0.1) is 0 Å². The molecular formula is C13H17NO5. The Bertz CT molecular complexity index is 473. The summed E-state index contributed by atoms with van der Waals surface area (Å²) in [6.07, 6.45) is 2.26. The van der Waals surface area contributed by atoms with Gasteiger partial charge in [0.05, 0.1) is 19.1 Å². The van der Waals surface area contributed by atoms with Crippen molar-refractivity contribution in [2.24, 2.45) is 0 Å². The zero-order valence-electron chi connectivity index (χ0n) is 10.8. The second kappa shape index (κ2) is 5.88. The van der Waals surface area contributed by atoms with E-state index in [-0.39, 0.29) is 24.1 Å². The summed E-state index contributed by atoms with van der Waals surface area (Å²) < 4.78 is 10.6. The third-order valence-electron chi connectivity index (χ3n) is 3.10. The lowest BCUT2D eigenvalue weighted by atomic mass is 10.2. The molecule has 104 valence electrons. The summed E-state index contributed by atoms with van der Waals surface area (Å²) in [6, 6.07) is 1.43. The molecule has 19 heavy (non-hydrogen) atoms. The number of carboxylic acid groups (broad SMARTS) is 1. The molecule has 1 aromatic rings. The highest BCUT2D eigenvalue weighted by Gasteiger charge is 2.19. The molecule has 0 spiro atoms. The summed E-state index contributed by atoms with van der Waals surface area (Å²) in [5, 5.41) is 11.6. The van der Waals surface area contributed by atoms with Gasteiger partial charge in [-0.1, -0.05) is 0 Å². The van der Waals surface area contributed by atoms with Crippen molar-refractivity contribution in [2.75, 3.05) is 6.61 Å². The van der Waals surface area contributed by atoms with E-state index in [0.29, 0.717) is 17.9 Å². The Morgan fingerprint density at radius 1 is 1.53 bits per heavy atom. The van der Waals surface area contributed by atoms with Gasteiger partial charge < -0.3 is 19.6 Å². The van der Waals surface area contributed by atoms with Crippen molar-refractivity contribution in [3.63, 3.8) is 0 Å². The fourth-order valence-corrected chi connectivity index (χ4v) is 2.11. The highest BCUT2D eigenvalue weighted by Crippen LogP contribution is 2.16. The van der Waals surface area contributed by atoms with Crippen LogP contribution in [0.3, 0.4) is 0 Å². The average Bonchev–Trinajstić information content (AvgIpc) is 2.96. The molecule has 1 aliphatic rings. The van der Waals surface area contributed by atoms with Gasteiger partial charge in [-0.2, -0.15) is 0 Å². The summed E-state index contributed by atoms with van der Waals surface area (Å²) in [4.78, 5) is 22.5. The molecule has 2 rings (SSSR count). The molecule has 1 saturated heterocycles. The zero-order chi connectivity index (χ0) is 13.8. The van der Waals surface area contributed by atoms with Crippen molar-refractivity contribution in [3.05, 3.63) is 23.2 Å². The zero-order valence-corrected chi connectivity index (χ0v) is 10.8. The van der Waals surface area contributed by atoms with Gasteiger partial charge in [0.25, 0.3) is 0 Å². The third-order valence-corrected chi connectivity index (χ3v) is 3.10. The van der Waals surface area contributed by atoms with E-state index in [1.165, 1.54) is 6.07 Å². The van der Waals surface area contributed by atoms with Crippen LogP contribution in [0.1, 0.15) is 41.1 Å². The van der Waals surface area contributed by atoms with E-state index in [4.69, 9.17) is 14.3 Å². The standard InChI is InChI=1S/C13H17NO5/c1-8-11(13(16)17)5-10(19-8)7-14-12(15)6-9-3-2-4-18-9/h5,9H,2-4,6-7H2,1H3,(H,14,15)(H,16,17)/t9-/m1/s1. The predicted molar refractivity (Wildman–Crippen MR) is 65.8 cm³/mol. The van der Waals surface area contributed by atoms with Gasteiger partial charge in [0, 0.05) is 6.61 Å². The number of rotatable bonds is 5. The molecule has 1 fully saturated rings. The fraction of sp³-hybridized carbons (Fsp3) is 0.538. The quantitative estimate of drug-likeness (QED) is 0.843. The Balaban J connectivity index is 1.82. The molecule has 1 amide bonds. The molecule has 1 atom stereocenters. The molecule has 0 aliphatic carbocycles. The van der Waals surface area contributed by atoms with Crippen molar-refractivity contribution in [3.8, 4) is 0 Å². The van der Waals surface area contributed by atoms with E-state index in [0.717, 1.165) is 19.4 Å². The summed E-state index contributed by atoms with van der Waals surface area (Å²) >= 11 is 0. The molecule has 0 saturated carbocycles. The van der Waals surface area contributed by atoms with Gasteiger partial charge in [-0.05, 0) is 25.8 Å². The van der Waals surface area contributed by atoms with Crippen molar-refractivity contribution >= 4 is 11.9 Å². The largest absolute Gasteiger partial charge is 0.478 e. The van der Waals surface area contributed by atoms with Crippen LogP contribution in [0.25, 0.3) is 0 Å². The Hall–Kier alpha value is -1.82. The van der Waals surface area contributed by atoms with Crippen LogP contribution in [0.15, 0.2) is 10.5 Å². The number of ether oxygens (including phenoxy) is 1. The highest BCUT2D eigenvalue weighted by atomic mass is 16.5. The van der Waals surface area contributed by atoms with E-state index in [2.05, 4.69) is 5.32 Å². The van der Waals surface area contributed by atoms with Crippen LogP contribution in [0.2, 0.25) is 0 Å². The minimum atomic E-state index is -1.03. The molecule has 6 heteroatoms. The van der Waals surface area contributed by atoms with Crippen LogP contribution in [0.4, 0.5) is 0 Å². The second-order valence-electron chi connectivity index (χ2n) is 4.60. The van der Waals surface area contributed by atoms with Gasteiger partial charge in [0.2, 0.25) is 5.91 Å². The first-order chi connectivity index (χ1) is 9.06. The van der Waals surface area contributed by atoms with Crippen LogP contribution in [-0.4, -0.2) is 29.7 Å². The normalized spacial score (nSPS) is 18.5. The molecule has 0 bridgehead atoms. The number of carbonyl (C=O) groups is 2. The Kier molecular flexibility index (Phi) is 4.21. The highest BCUT2D eigenvalue weighted by molar-refractivity contribution is 5.88. The van der Waals surface area contributed by atoms with Crippen molar-refractivity contribution < 1.29 is 23.8 Å².